The molecule has 0 bridgehead atoms. The number of hydrogen-bond acceptors (Lipinski definition) is 2. The second kappa shape index (κ2) is 8.58. The lowest BCUT2D eigenvalue weighted by Gasteiger charge is -2.42. The van der Waals surface area contributed by atoms with Gasteiger partial charge in [-0.1, -0.05) is 55.3 Å². The molecule has 2 amide bonds. The maximum absolute atomic E-state index is 13.4. The molecule has 2 atom stereocenters. The van der Waals surface area contributed by atoms with Crippen molar-refractivity contribution < 1.29 is 9.59 Å². The Morgan fingerprint density at radius 3 is 2.69 bits per heavy atom. The molecule has 1 N–H and O–H groups in total. The van der Waals surface area contributed by atoms with Crippen LogP contribution in [0, 0.1) is 5.92 Å². The second-order valence-electron chi connectivity index (χ2n) is 8.11. The number of fused-ring (bicyclic) bond motifs is 1. The van der Waals surface area contributed by atoms with Crippen molar-refractivity contribution in [2.75, 3.05) is 13.1 Å². The van der Waals surface area contributed by atoms with Gasteiger partial charge in [-0.25, -0.2) is 0 Å². The van der Waals surface area contributed by atoms with E-state index in [1.165, 1.54) is 12.8 Å². The van der Waals surface area contributed by atoms with E-state index in [2.05, 4.69) is 12.2 Å². The quantitative estimate of drug-likeness (QED) is 0.702. The highest BCUT2D eigenvalue weighted by Crippen LogP contribution is 2.43. The number of carbonyl (C=O) groups is 2. The van der Waals surface area contributed by atoms with Gasteiger partial charge < -0.3 is 10.2 Å². The zero-order valence-corrected chi connectivity index (χ0v) is 17.5. The summed E-state index contributed by atoms with van der Waals surface area (Å²) < 4.78 is 0. The minimum Gasteiger partial charge on any atom is -0.355 e. The van der Waals surface area contributed by atoms with Gasteiger partial charge in [-0.15, -0.1) is 0 Å². The highest BCUT2D eigenvalue weighted by Gasteiger charge is 2.44. The van der Waals surface area contributed by atoms with Crippen LogP contribution in [0.2, 0.25) is 5.02 Å². The van der Waals surface area contributed by atoms with Crippen LogP contribution >= 0.6 is 11.6 Å². The minimum atomic E-state index is -0.446. The topological polar surface area (TPSA) is 49.4 Å². The van der Waals surface area contributed by atoms with Crippen molar-refractivity contribution in [3.63, 3.8) is 0 Å². The number of rotatable bonds is 7. The van der Waals surface area contributed by atoms with Crippen LogP contribution in [0.3, 0.4) is 0 Å². The summed E-state index contributed by atoms with van der Waals surface area (Å²) in [6, 6.07) is 14.7. The van der Waals surface area contributed by atoms with Crippen molar-refractivity contribution in [1.82, 2.24) is 10.2 Å². The number of nitrogens with zero attached hydrogens (tertiary/aromatic N) is 1. The largest absolute Gasteiger partial charge is 0.355 e. The Morgan fingerprint density at radius 1 is 1.17 bits per heavy atom. The molecule has 0 unspecified atom stereocenters. The van der Waals surface area contributed by atoms with Gasteiger partial charge in [-0.05, 0) is 54.5 Å². The number of amides is 2. The number of nitrogens with one attached hydrogen (secondary N) is 1. The van der Waals surface area contributed by atoms with E-state index in [9.17, 15) is 9.59 Å². The summed E-state index contributed by atoms with van der Waals surface area (Å²) >= 11 is 6.29. The normalized spacial score (nSPS) is 21.0. The predicted molar refractivity (Wildman–Crippen MR) is 115 cm³/mol. The van der Waals surface area contributed by atoms with Gasteiger partial charge in [-0.3, -0.25) is 9.59 Å². The summed E-state index contributed by atoms with van der Waals surface area (Å²) in [5, 5.41) is 3.76. The third-order valence-electron chi connectivity index (χ3n) is 5.93. The number of hydrogen-bond donors (Lipinski definition) is 1. The molecule has 1 heterocycles. The first-order valence-corrected chi connectivity index (χ1v) is 10.9. The molecule has 0 spiro atoms. The van der Waals surface area contributed by atoms with Gasteiger partial charge in [0.2, 0.25) is 5.91 Å². The zero-order chi connectivity index (χ0) is 20.4. The first-order valence-electron chi connectivity index (χ1n) is 10.5. The lowest BCUT2D eigenvalue weighted by molar-refractivity contribution is -0.124. The van der Waals surface area contributed by atoms with Gasteiger partial charge in [0, 0.05) is 23.7 Å². The fraction of sp³-hybridized carbons (Fsp3) is 0.417. The van der Waals surface area contributed by atoms with Gasteiger partial charge in [0.15, 0.2) is 0 Å². The van der Waals surface area contributed by atoms with Crippen LogP contribution < -0.4 is 5.32 Å². The van der Waals surface area contributed by atoms with E-state index >= 15 is 0 Å². The van der Waals surface area contributed by atoms with E-state index in [0.717, 1.165) is 24.0 Å². The molecular formula is C24H27ClN2O2. The molecule has 4 nitrogen and oxygen atoms in total. The molecular weight excluding hydrogens is 384 g/mol. The average Bonchev–Trinajstić information content (AvgIpc) is 3.56. The molecule has 1 aliphatic heterocycles. The Bertz CT molecular complexity index is 909. The summed E-state index contributed by atoms with van der Waals surface area (Å²) in [5.74, 6) is 0.131. The SMILES string of the molecule is CCCCN1C(=O)c2ccccc2[C@@H](C(=O)NCC2CC2)[C@@H]1c1cccc(Cl)c1. The van der Waals surface area contributed by atoms with Crippen LogP contribution in [-0.4, -0.2) is 29.8 Å². The summed E-state index contributed by atoms with van der Waals surface area (Å²) in [4.78, 5) is 28.7. The Kier molecular flexibility index (Phi) is 5.91. The second-order valence-corrected chi connectivity index (χ2v) is 8.54. The number of halogens is 1. The fourth-order valence-electron chi connectivity index (χ4n) is 4.19. The van der Waals surface area contributed by atoms with Crippen molar-refractivity contribution in [3.8, 4) is 0 Å². The Hall–Kier alpha value is -2.33. The Balaban J connectivity index is 1.79. The minimum absolute atomic E-state index is 0.00901. The van der Waals surface area contributed by atoms with E-state index < -0.39 is 5.92 Å². The van der Waals surface area contributed by atoms with Crippen molar-refractivity contribution >= 4 is 23.4 Å². The molecule has 29 heavy (non-hydrogen) atoms. The molecule has 1 saturated carbocycles. The number of unbranched alkanes of at least 4 members (excludes halogenated alkanes) is 1. The molecule has 0 aromatic heterocycles. The van der Waals surface area contributed by atoms with E-state index in [0.29, 0.717) is 29.6 Å². The highest BCUT2D eigenvalue weighted by molar-refractivity contribution is 6.30. The van der Waals surface area contributed by atoms with Crippen molar-refractivity contribution in [3.05, 3.63) is 70.2 Å². The van der Waals surface area contributed by atoms with Crippen LogP contribution in [-0.2, 0) is 4.79 Å². The molecule has 0 saturated heterocycles. The van der Waals surface area contributed by atoms with Crippen LogP contribution in [0.5, 0.6) is 0 Å². The first-order chi connectivity index (χ1) is 14.1. The van der Waals surface area contributed by atoms with Crippen LogP contribution in [0.1, 0.15) is 66.1 Å². The van der Waals surface area contributed by atoms with Crippen molar-refractivity contribution in [2.24, 2.45) is 5.92 Å². The van der Waals surface area contributed by atoms with E-state index in [4.69, 9.17) is 11.6 Å². The maximum Gasteiger partial charge on any atom is 0.254 e. The number of benzene rings is 2. The summed E-state index contributed by atoms with van der Waals surface area (Å²) in [6.45, 7) is 3.44. The van der Waals surface area contributed by atoms with Crippen LogP contribution in [0.4, 0.5) is 0 Å². The molecule has 1 fully saturated rings. The lowest BCUT2D eigenvalue weighted by atomic mass is 9.79. The highest BCUT2D eigenvalue weighted by atomic mass is 35.5. The van der Waals surface area contributed by atoms with Crippen molar-refractivity contribution in [1.29, 1.82) is 0 Å². The van der Waals surface area contributed by atoms with Gasteiger partial charge in [0.1, 0.15) is 0 Å². The van der Waals surface area contributed by atoms with Gasteiger partial charge in [0.25, 0.3) is 5.91 Å². The molecule has 2 aromatic rings. The fourth-order valence-corrected chi connectivity index (χ4v) is 4.39. The molecule has 1 aliphatic carbocycles. The van der Waals surface area contributed by atoms with Crippen LogP contribution in [0.15, 0.2) is 48.5 Å². The smallest absolute Gasteiger partial charge is 0.254 e. The Morgan fingerprint density at radius 2 is 1.97 bits per heavy atom. The zero-order valence-electron chi connectivity index (χ0n) is 16.7. The van der Waals surface area contributed by atoms with Gasteiger partial charge >= 0.3 is 0 Å². The third kappa shape index (κ3) is 4.18. The Labute approximate surface area is 177 Å². The van der Waals surface area contributed by atoms with E-state index in [1.807, 2.05) is 53.4 Å². The maximum atomic E-state index is 13.4. The van der Waals surface area contributed by atoms with E-state index in [-0.39, 0.29) is 17.9 Å². The molecule has 152 valence electrons. The predicted octanol–water partition coefficient (Wildman–Crippen LogP) is 4.95. The monoisotopic (exact) mass is 410 g/mol. The van der Waals surface area contributed by atoms with Crippen LogP contribution in [0.25, 0.3) is 0 Å². The average molecular weight is 411 g/mol. The third-order valence-corrected chi connectivity index (χ3v) is 6.16. The molecule has 2 aromatic carbocycles. The standard InChI is InChI=1S/C24H27ClN2O2/c1-2-3-13-27-22(17-7-6-8-18(25)14-17)21(23(28)26-15-16-11-12-16)19-9-4-5-10-20(19)24(27)29/h4-10,14,16,21-22H,2-3,11-13,15H2,1H3,(H,26,28)/t21-,22+/m1/s1. The molecule has 2 aliphatic rings. The van der Waals surface area contributed by atoms with Gasteiger partial charge in [0.05, 0.1) is 12.0 Å². The number of carbonyl (C=O) groups excluding carboxylic acids is 2. The van der Waals surface area contributed by atoms with Gasteiger partial charge in [-0.2, -0.15) is 0 Å². The summed E-state index contributed by atoms with van der Waals surface area (Å²) in [7, 11) is 0. The molecule has 0 radical (unpaired) electrons. The first kappa shape index (κ1) is 20.0. The summed E-state index contributed by atoms with van der Waals surface area (Å²) in [6.07, 6.45) is 4.23. The summed E-state index contributed by atoms with van der Waals surface area (Å²) in [5.41, 5.74) is 2.35. The molecule has 4 rings (SSSR count). The lowest BCUT2D eigenvalue weighted by Crippen LogP contribution is -2.48. The van der Waals surface area contributed by atoms with E-state index in [1.54, 1.807) is 0 Å². The van der Waals surface area contributed by atoms with Crippen molar-refractivity contribution in [2.45, 2.75) is 44.6 Å². The molecule has 5 heteroatoms.